The molecule has 0 aliphatic carbocycles. The topological polar surface area (TPSA) is 67.5 Å². The summed E-state index contributed by atoms with van der Waals surface area (Å²) in [6.45, 7) is 1.86. The minimum absolute atomic E-state index is 0.117. The molecule has 78 valence electrons. The summed E-state index contributed by atoms with van der Waals surface area (Å²) in [6.07, 6.45) is 2.47. The molecule has 2 aromatic heterocycles. The normalized spacial score (nSPS) is 10.7. The Morgan fingerprint density at radius 1 is 1.53 bits per heavy atom. The summed E-state index contributed by atoms with van der Waals surface area (Å²) < 4.78 is 1.86. The standard InChI is InChI=1S/C10H11N3O2/c1-7-11-12-10-8(4-5-9(14)15)3-2-6-13(7)10/h2-3,6H,4-5H2,1H3,(H,14,15). The lowest BCUT2D eigenvalue weighted by Crippen LogP contribution is -1.99. The summed E-state index contributed by atoms with van der Waals surface area (Å²) in [4.78, 5) is 10.5. The number of nitrogens with zero attached hydrogens (tertiary/aromatic N) is 3. The Morgan fingerprint density at radius 3 is 3.07 bits per heavy atom. The molecule has 2 heterocycles. The molecule has 0 amide bonds. The average Bonchev–Trinajstić information content (AvgIpc) is 2.58. The zero-order valence-corrected chi connectivity index (χ0v) is 8.34. The van der Waals surface area contributed by atoms with Crippen molar-refractivity contribution in [3.05, 3.63) is 29.7 Å². The van der Waals surface area contributed by atoms with Gasteiger partial charge in [0.15, 0.2) is 5.65 Å². The molecule has 5 nitrogen and oxygen atoms in total. The van der Waals surface area contributed by atoms with E-state index in [1.807, 2.05) is 29.7 Å². The van der Waals surface area contributed by atoms with Gasteiger partial charge in [0.05, 0.1) is 0 Å². The third-order valence-corrected chi connectivity index (χ3v) is 2.29. The van der Waals surface area contributed by atoms with Crippen LogP contribution in [0.3, 0.4) is 0 Å². The Morgan fingerprint density at radius 2 is 2.33 bits per heavy atom. The highest BCUT2D eigenvalue weighted by Crippen LogP contribution is 2.11. The van der Waals surface area contributed by atoms with Crippen LogP contribution in [0.4, 0.5) is 0 Å². The fourth-order valence-corrected chi connectivity index (χ4v) is 1.52. The van der Waals surface area contributed by atoms with E-state index >= 15 is 0 Å². The summed E-state index contributed by atoms with van der Waals surface area (Å²) in [5, 5.41) is 16.6. The van der Waals surface area contributed by atoms with Crippen molar-refractivity contribution < 1.29 is 9.90 Å². The molecule has 0 atom stereocenters. The van der Waals surface area contributed by atoms with E-state index in [1.54, 1.807) is 0 Å². The molecule has 0 saturated heterocycles. The molecule has 0 aliphatic rings. The van der Waals surface area contributed by atoms with Crippen molar-refractivity contribution in [1.82, 2.24) is 14.6 Å². The first kappa shape index (κ1) is 9.64. The van der Waals surface area contributed by atoms with Crippen molar-refractivity contribution in [2.45, 2.75) is 19.8 Å². The Hall–Kier alpha value is -1.91. The van der Waals surface area contributed by atoms with Crippen molar-refractivity contribution in [3.63, 3.8) is 0 Å². The summed E-state index contributed by atoms with van der Waals surface area (Å²) >= 11 is 0. The number of carbonyl (C=O) groups is 1. The zero-order chi connectivity index (χ0) is 10.8. The summed E-state index contributed by atoms with van der Waals surface area (Å²) in [5.41, 5.74) is 1.66. The van der Waals surface area contributed by atoms with Crippen LogP contribution in [0.25, 0.3) is 5.65 Å². The first-order valence-electron chi connectivity index (χ1n) is 4.69. The molecule has 0 unspecified atom stereocenters. The number of aliphatic carboxylic acids is 1. The van der Waals surface area contributed by atoms with E-state index in [1.165, 1.54) is 0 Å². The predicted molar refractivity (Wildman–Crippen MR) is 53.7 cm³/mol. The number of hydrogen-bond donors (Lipinski definition) is 1. The predicted octanol–water partition coefficient (Wildman–Crippen LogP) is 1.05. The lowest BCUT2D eigenvalue weighted by molar-refractivity contribution is -0.136. The Balaban J connectivity index is 2.38. The van der Waals surface area contributed by atoms with Crippen molar-refractivity contribution in [1.29, 1.82) is 0 Å². The van der Waals surface area contributed by atoms with Gasteiger partial charge in [0.25, 0.3) is 0 Å². The number of hydrogen-bond acceptors (Lipinski definition) is 3. The van der Waals surface area contributed by atoms with E-state index in [2.05, 4.69) is 10.2 Å². The second kappa shape index (κ2) is 3.68. The van der Waals surface area contributed by atoms with Crippen LogP contribution in [0.5, 0.6) is 0 Å². The van der Waals surface area contributed by atoms with Gasteiger partial charge in [0.2, 0.25) is 0 Å². The number of rotatable bonds is 3. The van der Waals surface area contributed by atoms with Crippen molar-refractivity contribution in [2.75, 3.05) is 0 Å². The summed E-state index contributed by atoms with van der Waals surface area (Å²) in [7, 11) is 0. The average molecular weight is 205 g/mol. The van der Waals surface area contributed by atoms with Crippen LogP contribution in [-0.4, -0.2) is 25.7 Å². The van der Waals surface area contributed by atoms with Gasteiger partial charge in [-0.1, -0.05) is 6.07 Å². The summed E-state index contributed by atoms with van der Waals surface area (Å²) in [5.74, 6) is 0.00964. The smallest absolute Gasteiger partial charge is 0.303 e. The number of fused-ring (bicyclic) bond motifs is 1. The fourth-order valence-electron chi connectivity index (χ4n) is 1.52. The van der Waals surface area contributed by atoms with Crippen LogP contribution in [0.2, 0.25) is 0 Å². The van der Waals surface area contributed by atoms with Crippen LogP contribution >= 0.6 is 0 Å². The molecule has 15 heavy (non-hydrogen) atoms. The molecular formula is C10H11N3O2. The maximum atomic E-state index is 10.5. The monoisotopic (exact) mass is 205 g/mol. The van der Waals surface area contributed by atoms with Gasteiger partial charge in [-0.2, -0.15) is 0 Å². The highest BCUT2D eigenvalue weighted by Gasteiger charge is 2.07. The Kier molecular flexibility index (Phi) is 2.37. The molecular weight excluding hydrogens is 194 g/mol. The highest BCUT2D eigenvalue weighted by molar-refractivity contribution is 5.67. The lowest BCUT2D eigenvalue weighted by atomic mass is 10.1. The molecule has 5 heteroatoms. The Labute approximate surface area is 86.4 Å². The maximum Gasteiger partial charge on any atom is 0.303 e. The molecule has 0 fully saturated rings. The van der Waals surface area contributed by atoms with Crippen molar-refractivity contribution in [2.24, 2.45) is 0 Å². The minimum atomic E-state index is -0.798. The van der Waals surface area contributed by atoms with Crippen LogP contribution < -0.4 is 0 Å². The number of aromatic nitrogens is 3. The van der Waals surface area contributed by atoms with Gasteiger partial charge in [-0.25, -0.2) is 0 Å². The van der Waals surface area contributed by atoms with Crippen LogP contribution in [-0.2, 0) is 11.2 Å². The van der Waals surface area contributed by atoms with E-state index in [9.17, 15) is 4.79 Å². The second-order valence-electron chi connectivity index (χ2n) is 3.37. The summed E-state index contributed by atoms with van der Waals surface area (Å²) in [6, 6.07) is 3.76. The molecule has 0 saturated carbocycles. The second-order valence-corrected chi connectivity index (χ2v) is 3.37. The van der Waals surface area contributed by atoms with E-state index in [0.29, 0.717) is 6.42 Å². The van der Waals surface area contributed by atoms with Gasteiger partial charge in [0, 0.05) is 12.6 Å². The van der Waals surface area contributed by atoms with E-state index in [0.717, 1.165) is 17.0 Å². The van der Waals surface area contributed by atoms with Crippen LogP contribution in [0, 0.1) is 6.92 Å². The van der Waals surface area contributed by atoms with E-state index in [-0.39, 0.29) is 6.42 Å². The van der Waals surface area contributed by atoms with Gasteiger partial charge in [-0.15, -0.1) is 10.2 Å². The Bertz CT molecular complexity index is 504. The molecule has 0 spiro atoms. The first-order valence-corrected chi connectivity index (χ1v) is 4.69. The molecule has 2 aromatic rings. The van der Waals surface area contributed by atoms with Crippen molar-refractivity contribution >= 4 is 11.6 Å². The van der Waals surface area contributed by atoms with E-state index in [4.69, 9.17) is 5.11 Å². The highest BCUT2D eigenvalue weighted by atomic mass is 16.4. The zero-order valence-electron chi connectivity index (χ0n) is 8.34. The third-order valence-electron chi connectivity index (χ3n) is 2.29. The van der Waals surface area contributed by atoms with Gasteiger partial charge in [0.1, 0.15) is 5.82 Å². The largest absolute Gasteiger partial charge is 0.481 e. The molecule has 0 aliphatic heterocycles. The lowest BCUT2D eigenvalue weighted by Gasteiger charge is -2.00. The van der Waals surface area contributed by atoms with Crippen molar-refractivity contribution in [3.8, 4) is 0 Å². The number of carboxylic acids is 1. The van der Waals surface area contributed by atoms with Gasteiger partial charge in [-0.3, -0.25) is 9.20 Å². The number of pyridine rings is 1. The van der Waals surface area contributed by atoms with Gasteiger partial charge < -0.3 is 5.11 Å². The quantitative estimate of drug-likeness (QED) is 0.813. The van der Waals surface area contributed by atoms with Gasteiger partial charge >= 0.3 is 5.97 Å². The molecule has 0 bridgehead atoms. The first-order chi connectivity index (χ1) is 7.18. The molecule has 1 N–H and O–H groups in total. The molecule has 0 radical (unpaired) electrons. The van der Waals surface area contributed by atoms with E-state index < -0.39 is 5.97 Å². The third kappa shape index (κ3) is 1.81. The SMILES string of the molecule is Cc1nnc2c(CCC(=O)O)cccn12. The maximum absolute atomic E-state index is 10.5. The number of carboxylic acid groups (broad SMARTS) is 1. The van der Waals surface area contributed by atoms with Crippen LogP contribution in [0.15, 0.2) is 18.3 Å². The minimum Gasteiger partial charge on any atom is -0.481 e. The van der Waals surface area contributed by atoms with Gasteiger partial charge in [-0.05, 0) is 25.0 Å². The molecule has 2 rings (SSSR count). The number of aryl methyl sites for hydroxylation is 2. The van der Waals surface area contributed by atoms with Crippen LogP contribution in [0.1, 0.15) is 17.8 Å². The molecule has 0 aromatic carbocycles. The fraction of sp³-hybridized carbons (Fsp3) is 0.300.